The first-order chi connectivity index (χ1) is 8.08. The molecule has 0 saturated heterocycles. The third kappa shape index (κ3) is 4.64. The molecule has 1 rings (SSSR count). The monoisotopic (exact) mass is 283 g/mol. The summed E-state index contributed by atoms with van der Waals surface area (Å²) in [4.78, 5) is 0. The maximum atomic E-state index is 12.1. The molecule has 0 bridgehead atoms. The van der Waals surface area contributed by atoms with E-state index >= 15 is 0 Å². The minimum Gasteiger partial charge on any atom is -0.493 e. The van der Waals surface area contributed by atoms with Gasteiger partial charge in [0.15, 0.2) is 11.5 Å². The van der Waals surface area contributed by atoms with Gasteiger partial charge in [-0.1, -0.05) is 6.07 Å². The predicted octanol–water partition coefficient (Wildman–Crippen LogP) is 2.10. The molecule has 0 heterocycles. The van der Waals surface area contributed by atoms with Crippen molar-refractivity contribution >= 4 is 12.4 Å². The first kappa shape index (κ1) is 16.9. The molecule has 0 saturated carbocycles. The zero-order valence-electron chi connectivity index (χ0n) is 9.81. The summed E-state index contributed by atoms with van der Waals surface area (Å²) in [7, 11) is 1.36. The van der Waals surface area contributed by atoms with E-state index in [2.05, 4.69) is 4.74 Å². The summed E-state index contributed by atoms with van der Waals surface area (Å²) in [5, 5.41) is 8.76. The van der Waals surface area contributed by atoms with E-state index in [1.54, 1.807) is 6.07 Å². The molecule has 0 radical (unpaired) electrons. The van der Waals surface area contributed by atoms with E-state index < -0.39 is 6.61 Å². The highest BCUT2D eigenvalue weighted by atomic mass is 35.5. The van der Waals surface area contributed by atoms with Crippen LogP contribution in [-0.4, -0.2) is 25.4 Å². The van der Waals surface area contributed by atoms with Crippen LogP contribution >= 0.6 is 12.4 Å². The van der Waals surface area contributed by atoms with Crippen molar-refractivity contribution in [3.8, 4) is 11.5 Å². The number of aliphatic hydroxyl groups is 1. The van der Waals surface area contributed by atoms with E-state index in [1.165, 1.54) is 19.2 Å². The lowest BCUT2D eigenvalue weighted by molar-refractivity contribution is -0.0512. The lowest BCUT2D eigenvalue weighted by Crippen LogP contribution is -2.12. The Morgan fingerprint density at radius 1 is 1.33 bits per heavy atom. The van der Waals surface area contributed by atoms with Crippen LogP contribution in [0.5, 0.6) is 11.5 Å². The van der Waals surface area contributed by atoms with Gasteiger partial charge in [-0.15, -0.1) is 12.4 Å². The van der Waals surface area contributed by atoms with E-state index in [4.69, 9.17) is 15.6 Å². The Balaban J connectivity index is 0.00000289. The number of aliphatic hydroxyl groups excluding tert-OH is 1. The summed E-state index contributed by atoms with van der Waals surface area (Å²) in [5.74, 6) is 0.152. The van der Waals surface area contributed by atoms with E-state index in [-0.39, 0.29) is 36.6 Å². The van der Waals surface area contributed by atoms with Crippen molar-refractivity contribution in [3.63, 3.8) is 0 Å². The van der Waals surface area contributed by atoms with Crippen molar-refractivity contribution in [2.75, 3.05) is 13.7 Å². The van der Waals surface area contributed by atoms with Gasteiger partial charge >= 0.3 is 6.61 Å². The Morgan fingerprint density at radius 2 is 2.00 bits per heavy atom. The van der Waals surface area contributed by atoms with Gasteiger partial charge in [0.1, 0.15) is 0 Å². The molecule has 4 nitrogen and oxygen atoms in total. The van der Waals surface area contributed by atoms with Gasteiger partial charge in [0.2, 0.25) is 0 Å². The number of alkyl halides is 2. The lowest BCUT2D eigenvalue weighted by atomic mass is 10.0. The zero-order valence-corrected chi connectivity index (χ0v) is 10.6. The molecule has 0 amide bonds. The van der Waals surface area contributed by atoms with Gasteiger partial charge in [-0.05, 0) is 24.1 Å². The van der Waals surface area contributed by atoms with Crippen LogP contribution in [0.4, 0.5) is 8.78 Å². The van der Waals surface area contributed by atoms with Gasteiger partial charge in [-0.2, -0.15) is 8.78 Å². The van der Waals surface area contributed by atoms with E-state index in [1.807, 2.05) is 0 Å². The standard InChI is InChI=1S/C11H15F2NO3.ClH/c1-16-10-6-7(8(14)4-5-15)2-3-9(10)17-11(12)13;/h2-3,6,8,11,15H,4-5,14H2,1H3;1H. The van der Waals surface area contributed by atoms with Crippen molar-refractivity contribution in [3.05, 3.63) is 23.8 Å². The van der Waals surface area contributed by atoms with Crippen molar-refractivity contribution in [1.82, 2.24) is 0 Å². The summed E-state index contributed by atoms with van der Waals surface area (Å²) in [6.45, 7) is -2.94. The average Bonchev–Trinajstić information content (AvgIpc) is 2.29. The third-order valence-corrected chi connectivity index (χ3v) is 2.27. The molecule has 1 unspecified atom stereocenters. The van der Waals surface area contributed by atoms with Crippen LogP contribution in [0.3, 0.4) is 0 Å². The van der Waals surface area contributed by atoms with E-state index in [0.717, 1.165) is 0 Å². The first-order valence-corrected chi connectivity index (χ1v) is 5.07. The smallest absolute Gasteiger partial charge is 0.387 e. The maximum Gasteiger partial charge on any atom is 0.387 e. The maximum absolute atomic E-state index is 12.1. The molecular formula is C11H16ClF2NO3. The largest absolute Gasteiger partial charge is 0.493 e. The predicted molar refractivity (Wildman–Crippen MR) is 65.5 cm³/mol. The molecular weight excluding hydrogens is 268 g/mol. The molecule has 1 atom stereocenters. The molecule has 1 aromatic carbocycles. The summed E-state index contributed by atoms with van der Waals surface area (Å²) in [5.41, 5.74) is 6.47. The second-order valence-electron chi connectivity index (χ2n) is 3.41. The molecule has 1 aromatic rings. The number of benzene rings is 1. The van der Waals surface area contributed by atoms with Crippen LogP contribution in [0.1, 0.15) is 18.0 Å². The number of hydrogen-bond acceptors (Lipinski definition) is 4. The number of ether oxygens (including phenoxy) is 2. The Labute approximate surface area is 110 Å². The van der Waals surface area contributed by atoms with Gasteiger partial charge in [0, 0.05) is 12.6 Å². The quantitative estimate of drug-likeness (QED) is 0.839. The SMILES string of the molecule is COc1cc(C(N)CCO)ccc1OC(F)F.Cl. The molecule has 0 aliphatic carbocycles. The van der Waals surface area contributed by atoms with Crippen molar-refractivity contribution < 1.29 is 23.4 Å². The van der Waals surface area contributed by atoms with Crippen molar-refractivity contribution in [1.29, 1.82) is 0 Å². The van der Waals surface area contributed by atoms with E-state index in [0.29, 0.717) is 12.0 Å². The minimum absolute atomic E-state index is 0. The van der Waals surface area contributed by atoms with Crippen LogP contribution in [0, 0.1) is 0 Å². The normalized spacial score (nSPS) is 11.9. The van der Waals surface area contributed by atoms with Crippen LogP contribution in [0.25, 0.3) is 0 Å². The van der Waals surface area contributed by atoms with Crippen LogP contribution in [0.2, 0.25) is 0 Å². The number of methoxy groups -OCH3 is 1. The molecule has 3 N–H and O–H groups in total. The van der Waals surface area contributed by atoms with Crippen LogP contribution < -0.4 is 15.2 Å². The molecule has 0 aliphatic heterocycles. The van der Waals surface area contributed by atoms with E-state index in [9.17, 15) is 8.78 Å². The molecule has 18 heavy (non-hydrogen) atoms. The lowest BCUT2D eigenvalue weighted by Gasteiger charge is -2.14. The summed E-state index contributed by atoms with van der Waals surface area (Å²) >= 11 is 0. The topological polar surface area (TPSA) is 64.7 Å². The van der Waals surface area contributed by atoms with Crippen LogP contribution in [-0.2, 0) is 0 Å². The Hall–Kier alpha value is -1.11. The highest BCUT2D eigenvalue weighted by molar-refractivity contribution is 5.85. The summed E-state index contributed by atoms with van der Waals surface area (Å²) in [6.07, 6.45) is 0.387. The number of halogens is 3. The fourth-order valence-electron chi connectivity index (χ4n) is 1.41. The van der Waals surface area contributed by atoms with Crippen molar-refractivity contribution in [2.24, 2.45) is 5.73 Å². The van der Waals surface area contributed by atoms with Gasteiger partial charge in [-0.25, -0.2) is 0 Å². The number of nitrogens with two attached hydrogens (primary N) is 1. The molecule has 0 aromatic heterocycles. The zero-order chi connectivity index (χ0) is 12.8. The first-order valence-electron chi connectivity index (χ1n) is 5.07. The molecule has 104 valence electrons. The average molecular weight is 284 g/mol. The van der Waals surface area contributed by atoms with Gasteiger partial charge in [0.05, 0.1) is 7.11 Å². The highest BCUT2D eigenvalue weighted by Crippen LogP contribution is 2.31. The van der Waals surface area contributed by atoms with Gasteiger partial charge in [0.25, 0.3) is 0 Å². The molecule has 7 heteroatoms. The molecule has 0 aliphatic rings. The Morgan fingerprint density at radius 3 is 2.50 bits per heavy atom. The second kappa shape index (κ2) is 8.07. The van der Waals surface area contributed by atoms with Gasteiger partial charge < -0.3 is 20.3 Å². The Bertz CT molecular complexity index is 366. The molecule has 0 spiro atoms. The van der Waals surface area contributed by atoms with Crippen molar-refractivity contribution in [2.45, 2.75) is 19.1 Å². The summed E-state index contributed by atoms with van der Waals surface area (Å²) in [6, 6.07) is 4.10. The second-order valence-corrected chi connectivity index (χ2v) is 3.41. The fraction of sp³-hybridized carbons (Fsp3) is 0.455. The van der Waals surface area contributed by atoms with Gasteiger partial charge in [-0.3, -0.25) is 0 Å². The molecule has 0 fully saturated rings. The highest BCUT2D eigenvalue weighted by Gasteiger charge is 2.13. The Kier molecular flexibility index (Phi) is 7.58. The number of hydrogen-bond donors (Lipinski definition) is 2. The van der Waals surface area contributed by atoms with Crippen LogP contribution in [0.15, 0.2) is 18.2 Å². The fourth-order valence-corrected chi connectivity index (χ4v) is 1.41. The number of rotatable bonds is 6. The third-order valence-electron chi connectivity index (χ3n) is 2.27. The minimum atomic E-state index is -2.90. The summed E-state index contributed by atoms with van der Waals surface area (Å²) < 4.78 is 33.4.